The largest absolute Gasteiger partial charge is 0.444 e. The van der Waals surface area contributed by atoms with E-state index >= 15 is 0 Å². The molecule has 1 saturated heterocycles. The molecule has 224 valence electrons. The smallest absolute Gasteiger partial charge is 0.410 e. The lowest BCUT2D eigenvalue weighted by atomic mass is 9.99. The number of sulfone groups is 1. The first-order valence-corrected chi connectivity index (χ1v) is 15.9. The van der Waals surface area contributed by atoms with E-state index in [1.54, 1.807) is 37.1 Å². The maximum Gasteiger partial charge on any atom is 0.410 e. The molecule has 0 saturated carbocycles. The van der Waals surface area contributed by atoms with E-state index in [2.05, 4.69) is 11.5 Å². The highest BCUT2D eigenvalue weighted by molar-refractivity contribution is 7.91. The molecular formula is C30H39Cl2N3O5S. The third-order valence-electron chi connectivity index (χ3n) is 7.09. The zero-order valence-corrected chi connectivity index (χ0v) is 26.9. The number of piperidine rings is 1. The fourth-order valence-electron chi connectivity index (χ4n) is 4.80. The van der Waals surface area contributed by atoms with Crippen LogP contribution in [0.1, 0.15) is 62.0 Å². The number of likely N-dealkylation sites (tertiary alicyclic amines) is 1. The Morgan fingerprint density at radius 1 is 1.17 bits per heavy atom. The van der Waals surface area contributed by atoms with E-state index in [-0.39, 0.29) is 34.0 Å². The van der Waals surface area contributed by atoms with Crippen LogP contribution in [0.25, 0.3) is 6.08 Å². The van der Waals surface area contributed by atoms with Crippen molar-refractivity contribution in [3.8, 4) is 0 Å². The third kappa shape index (κ3) is 8.03. The molecule has 0 N–H and O–H groups in total. The number of ether oxygens (including phenoxy) is 1. The van der Waals surface area contributed by atoms with Gasteiger partial charge in [-0.15, -0.1) is 0 Å². The fraction of sp³-hybridized carbons (Fsp3) is 0.467. The van der Waals surface area contributed by atoms with E-state index in [9.17, 15) is 18.0 Å². The van der Waals surface area contributed by atoms with Crippen molar-refractivity contribution in [2.45, 2.75) is 63.6 Å². The monoisotopic (exact) mass is 623 g/mol. The Labute approximate surface area is 253 Å². The average Bonchev–Trinajstić information content (AvgIpc) is 2.91. The van der Waals surface area contributed by atoms with Crippen LogP contribution in [0.5, 0.6) is 0 Å². The second-order valence-electron chi connectivity index (χ2n) is 11.2. The van der Waals surface area contributed by atoms with Gasteiger partial charge in [0.25, 0.3) is 5.91 Å². The number of anilines is 1. The van der Waals surface area contributed by atoms with Crippen LogP contribution in [0.2, 0.25) is 10.0 Å². The minimum absolute atomic E-state index is 0.00894. The van der Waals surface area contributed by atoms with E-state index in [0.29, 0.717) is 28.7 Å². The van der Waals surface area contributed by atoms with E-state index in [1.807, 2.05) is 20.8 Å². The van der Waals surface area contributed by atoms with Gasteiger partial charge in [-0.1, -0.05) is 42.8 Å². The second kappa shape index (κ2) is 13.2. The van der Waals surface area contributed by atoms with E-state index < -0.39 is 21.3 Å². The highest BCUT2D eigenvalue weighted by Crippen LogP contribution is 2.32. The molecule has 0 bridgehead atoms. The van der Waals surface area contributed by atoms with Crippen molar-refractivity contribution >= 4 is 56.8 Å². The van der Waals surface area contributed by atoms with Gasteiger partial charge in [-0.3, -0.25) is 9.69 Å². The first-order chi connectivity index (χ1) is 19.1. The minimum atomic E-state index is -3.61. The molecule has 1 aliphatic rings. The quantitative estimate of drug-likeness (QED) is 0.332. The van der Waals surface area contributed by atoms with Crippen LogP contribution in [0.3, 0.4) is 0 Å². The highest BCUT2D eigenvalue weighted by Gasteiger charge is 2.30. The van der Waals surface area contributed by atoms with E-state index in [4.69, 9.17) is 27.9 Å². The molecule has 0 spiro atoms. The molecule has 1 atom stereocenters. The van der Waals surface area contributed by atoms with Crippen LogP contribution in [-0.4, -0.2) is 74.8 Å². The Balaban J connectivity index is 1.85. The van der Waals surface area contributed by atoms with Gasteiger partial charge in [0.05, 0.1) is 16.3 Å². The summed E-state index contributed by atoms with van der Waals surface area (Å²) in [5.41, 5.74) is 1.43. The summed E-state index contributed by atoms with van der Waals surface area (Å²) >= 11 is 12.9. The molecule has 1 aliphatic heterocycles. The molecule has 0 radical (unpaired) electrons. The third-order valence-corrected chi connectivity index (χ3v) is 9.44. The van der Waals surface area contributed by atoms with Gasteiger partial charge in [0.1, 0.15) is 5.60 Å². The lowest BCUT2D eigenvalue weighted by Gasteiger charge is -2.38. The van der Waals surface area contributed by atoms with Crippen LogP contribution < -0.4 is 4.90 Å². The molecule has 8 nitrogen and oxygen atoms in total. The SMILES string of the molecule is C=Cc1cc(C(=O)N(C)c2cc(Cl)ccc2S(=O)(=O)CC)cc(Cl)c1CN1CCC[C@H](N(C)C(=O)OC(C)(C)C)C1. The van der Waals surface area contributed by atoms with Gasteiger partial charge in [-0.25, -0.2) is 13.2 Å². The van der Waals surface area contributed by atoms with Crippen LogP contribution in [0.4, 0.5) is 10.5 Å². The molecule has 11 heteroatoms. The van der Waals surface area contributed by atoms with Crippen molar-refractivity contribution in [1.29, 1.82) is 0 Å². The number of hydrogen-bond donors (Lipinski definition) is 0. The van der Waals surface area contributed by atoms with Crippen LogP contribution >= 0.6 is 23.2 Å². The number of benzene rings is 2. The second-order valence-corrected chi connectivity index (χ2v) is 14.3. The topological polar surface area (TPSA) is 87.2 Å². The number of halogens is 2. The summed E-state index contributed by atoms with van der Waals surface area (Å²) in [6.45, 7) is 13.0. The predicted octanol–water partition coefficient (Wildman–Crippen LogP) is 6.54. The summed E-state index contributed by atoms with van der Waals surface area (Å²) in [4.78, 5) is 31.4. The van der Waals surface area contributed by atoms with Crippen LogP contribution in [0, 0.1) is 0 Å². The Morgan fingerprint density at radius 2 is 1.85 bits per heavy atom. The maximum atomic E-state index is 13.6. The van der Waals surface area contributed by atoms with Gasteiger partial charge in [0, 0.05) is 48.8 Å². The minimum Gasteiger partial charge on any atom is -0.444 e. The maximum absolute atomic E-state index is 13.6. The molecule has 0 aliphatic carbocycles. The summed E-state index contributed by atoms with van der Waals surface area (Å²) in [5.74, 6) is -0.552. The van der Waals surface area contributed by atoms with Crippen LogP contribution in [0.15, 0.2) is 41.8 Å². The number of hydrogen-bond acceptors (Lipinski definition) is 6. The molecule has 2 amide bonds. The Bertz CT molecular complexity index is 1420. The number of amides is 2. The number of rotatable bonds is 8. The molecule has 0 aromatic heterocycles. The Hall–Kier alpha value is -2.59. The molecular weight excluding hydrogens is 585 g/mol. The highest BCUT2D eigenvalue weighted by atomic mass is 35.5. The molecule has 41 heavy (non-hydrogen) atoms. The first-order valence-electron chi connectivity index (χ1n) is 13.5. The van der Waals surface area contributed by atoms with Crippen molar-refractivity contribution in [2.75, 3.05) is 37.8 Å². The van der Waals surface area contributed by atoms with Gasteiger partial charge in [-0.2, -0.15) is 0 Å². The van der Waals surface area contributed by atoms with Crippen molar-refractivity contribution in [1.82, 2.24) is 9.80 Å². The van der Waals surface area contributed by atoms with Gasteiger partial charge in [-0.05, 0) is 81.6 Å². The molecule has 2 aromatic carbocycles. The molecule has 2 aromatic rings. The standard InChI is InChI=1S/C30H39Cl2N3O5S/c1-8-20-15-21(28(36)34(7)26-17-22(31)12-13-27(26)41(38,39)9-2)16-25(32)24(20)19-35-14-10-11-23(18-35)33(6)29(37)40-30(3,4)5/h8,12-13,15-17,23H,1,9-11,14,18-19H2,2-7H3/t23-/m0/s1. The zero-order chi connectivity index (χ0) is 30.7. The van der Waals surface area contributed by atoms with Gasteiger partial charge >= 0.3 is 6.09 Å². The van der Waals surface area contributed by atoms with Gasteiger partial charge < -0.3 is 14.5 Å². The summed E-state index contributed by atoms with van der Waals surface area (Å²) in [5, 5.41) is 0.710. The summed E-state index contributed by atoms with van der Waals surface area (Å²) in [6.07, 6.45) is 3.07. The number of nitrogens with zero attached hydrogens (tertiary/aromatic N) is 3. The van der Waals surface area contributed by atoms with Crippen LogP contribution in [-0.2, 0) is 21.1 Å². The molecule has 0 unspecified atom stereocenters. The van der Waals surface area contributed by atoms with Gasteiger partial charge in [0.15, 0.2) is 9.84 Å². The predicted molar refractivity (Wildman–Crippen MR) is 166 cm³/mol. The molecule has 1 fully saturated rings. The first kappa shape index (κ1) is 32.9. The average molecular weight is 625 g/mol. The zero-order valence-electron chi connectivity index (χ0n) is 24.5. The van der Waals surface area contributed by atoms with Gasteiger partial charge in [0.2, 0.25) is 0 Å². The van der Waals surface area contributed by atoms with Crippen molar-refractivity contribution in [3.05, 3.63) is 63.6 Å². The summed E-state index contributed by atoms with van der Waals surface area (Å²) < 4.78 is 30.9. The fourth-order valence-corrected chi connectivity index (χ4v) is 6.36. The summed E-state index contributed by atoms with van der Waals surface area (Å²) in [7, 11) is -0.339. The Kier molecular flexibility index (Phi) is 10.6. The lowest BCUT2D eigenvalue weighted by molar-refractivity contribution is 0.0130. The molecule has 3 rings (SSSR count). The summed E-state index contributed by atoms with van der Waals surface area (Å²) in [6, 6.07) is 7.66. The van der Waals surface area contributed by atoms with Crippen molar-refractivity contribution < 1.29 is 22.7 Å². The van der Waals surface area contributed by atoms with E-state index in [1.165, 1.54) is 30.1 Å². The number of carbonyl (C=O) groups excluding carboxylic acids is 2. The van der Waals surface area contributed by atoms with Crippen molar-refractivity contribution in [2.24, 2.45) is 0 Å². The van der Waals surface area contributed by atoms with Crippen molar-refractivity contribution in [3.63, 3.8) is 0 Å². The Morgan fingerprint density at radius 3 is 2.46 bits per heavy atom. The molecule has 1 heterocycles. The van der Waals surface area contributed by atoms with E-state index in [0.717, 1.165) is 24.9 Å². The lowest BCUT2D eigenvalue weighted by Crippen LogP contribution is -2.49. The number of likely N-dealkylation sites (N-methyl/N-ethyl adjacent to an activating group) is 1. The number of carbonyl (C=O) groups is 2. The normalized spacial score (nSPS) is 16.2.